The Morgan fingerprint density at radius 3 is 2.64 bits per heavy atom. The monoisotopic (exact) mass is 197 g/mol. The van der Waals surface area contributed by atoms with E-state index in [9.17, 15) is 9.59 Å². The number of carbonyl (C=O) groups is 2. The fraction of sp³-hybridized carbons (Fsp3) is 0.556. The van der Waals surface area contributed by atoms with E-state index in [2.05, 4.69) is 0 Å². The van der Waals surface area contributed by atoms with E-state index in [0.29, 0.717) is 6.54 Å². The van der Waals surface area contributed by atoms with E-state index in [1.807, 2.05) is 12.2 Å². The molecule has 14 heavy (non-hydrogen) atoms. The van der Waals surface area contributed by atoms with Gasteiger partial charge in [-0.25, -0.2) is 9.59 Å². The van der Waals surface area contributed by atoms with Crippen LogP contribution in [0.3, 0.4) is 0 Å². The van der Waals surface area contributed by atoms with Crippen LogP contribution in [0.2, 0.25) is 0 Å². The van der Waals surface area contributed by atoms with Crippen LogP contribution in [0.25, 0.3) is 0 Å². The van der Waals surface area contributed by atoms with Gasteiger partial charge in [0.1, 0.15) is 6.04 Å². The number of carboxylic acid groups (broad SMARTS) is 2. The van der Waals surface area contributed by atoms with E-state index >= 15 is 0 Å². The highest BCUT2D eigenvalue weighted by atomic mass is 16.4. The van der Waals surface area contributed by atoms with E-state index in [1.54, 1.807) is 0 Å². The van der Waals surface area contributed by atoms with Gasteiger partial charge in [-0.15, -0.1) is 0 Å². The zero-order chi connectivity index (χ0) is 10.3. The van der Waals surface area contributed by atoms with Crippen LogP contribution in [-0.2, 0) is 4.79 Å². The van der Waals surface area contributed by atoms with Gasteiger partial charge in [-0.1, -0.05) is 12.2 Å². The first kappa shape index (κ1) is 9.05. The van der Waals surface area contributed by atoms with Crippen molar-refractivity contribution in [2.75, 3.05) is 6.54 Å². The Morgan fingerprint density at radius 1 is 1.36 bits per heavy atom. The van der Waals surface area contributed by atoms with Crippen LogP contribution < -0.4 is 0 Å². The Kier molecular flexibility index (Phi) is 1.94. The summed E-state index contributed by atoms with van der Waals surface area (Å²) in [4.78, 5) is 22.7. The van der Waals surface area contributed by atoms with Crippen molar-refractivity contribution in [1.29, 1.82) is 0 Å². The van der Waals surface area contributed by atoms with Crippen molar-refractivity contribution in [3.8, 4) is 0 Å². The van der Waals surface area contributed by atoms with E-state index in [1.165, 1.54) is 0 Å². The molecule has 1 saturated heterocycles. The van der Waals surface area contributed by atoms with Gasteiger partial charge in [0, 0.05) is 12.5 Å². The van der Waals surface area contributed by atoms with Crippen molar-refractivity contribution in [3.63, 3.8) is 0 Å². The number of allylic oxidation sites excluding steroid dienone is 1. The number of likely N-dealkylation sites (tertiary alicyclic amines) is 1. The van der Waals surface area contributed by atoms with Gasteiger partial charge in [0.2, 0.25) is 0 Å². The fourth-order valence-electron chi connectivity index (χ4n) is 2.35. The van der Waals surface area contributed by atoms with Crippen molar-refractivity contribution in [3.05, 3.63) is 12.2 Å². The lowest BCUT2D eigenvalue weighted by molar-refractivity contribution is -0.142. The molecule has 2 N–H and O–H groups in total. The molecule has 1 heterocycles. The minimum Gasteiger partial charge on any atom is -0.480 e. The normalized spacial score (nSPS) is 34.6. The maximum absolute atomic E-state index is 10.9. The summed E-state index contributed by atoms with van der Waals surface area (Å²) in [5, 5.41) is 17.8. The van der Waals surface area contributed by atoms with Crippen molar-refractivity contribution in [2.24, 2.45) is 11.8 Å². The fourth-order valence-corrected chi connectivity index (χ4v) is 2.35. The maximum Gasteiger partial charge on any atom is 0.408 e. The molecule has 1 amide bonds. The SMILES string of the molecule is O=C(O)[C@@H]1[C@@H]2C=CC[C@@H]2CN1C(=O)O. The number of aliphatic carboxylic acids is 1. The highest BCUT2D eigenvalue weighted by molar-refractivity contribution is 5.81. The maximum atomic E-state index is 10.9. The zero-order valence-corrected chi connectivity index (χ0v) is 7.46. The van der Waals surface area contributed by atoms with Gasteiger partial charge >= 0.3 is 12.1 Å². The van der Waals surface area contributed by atoms with Gasteiger partial charge in [0.15, 0.2) is 0 Å². The predicted octanol–water partition coefficient (Wildman–Crippen LogP) is 0.625. The molecule has 1 fully saturated rings. The lowest BCUT2D eigenvalue weighted by atomic mass is 9.94. The Hall–Kier alpha value is -1.52. The van der Waals surface area contributed by atoms with Crippen molar-refractivity contribution in [1.82, 2.24) is 4.90 Å². The molecule has 76 valence electrons. The number of hydrogen-bond donors (Lipinski definition) is 2. The number of hydrogen-bond acceptors (Lipinski definition) is 2. The summed E-state index contributed by atoms with van der Waals surface area (Å²) in [7, 11) is 0. The van der Waals surface area contributed by atoms with Crippen LogP contribution in [0.4, 0.5) is 4.79 Å². The lowest BCUT2D eigenvalue weighted by Crippen LogP contribution is -2.42. The van der Waals surface area contributed by atoms with Crippen molar-refractivity contribution in [2.45, 2.75) is 12.5 Å². The second-order valence-corrected chi connectivity index (χ2v) is 3.72. The number of carboxylic acids is 1. The molecule has 0 saturated carbocycles. The van der Waals surface area contributed by atoms with Gasteiger partial charge in [-0.2, -0.15) is 0 Å². The second-order valence-electron chi connectivity index (χ2n) is 3.72. The molecule has 3 atom stereocenters. The van der Waals surface area contributed by atoms with E-state index in [-0.39, 0.29) is 11.8 Å². The largest absolute Gasteiger partial charge is 0.480 e. The van der Waals surface area contributed by atoms with Crippen molar-refractivity contribution >= 4 is 12.1 Å². The Balaban J connectivity index is 2.26. The second kappa shape index (κ2) is 3.01. The minimum absolute atomic E-state index is 0.136. The molecular weight excluding hydrogens is 186 g/mol. The molecule has 1 aliphatic heterocycles. The van der Waals surface area contributed by atoms with Gasteiger partial charge in [0.05, 0.1) is 0 Å². The summed E-state index contributed by atoms with van der Waals surface area (Å²) in [6.45, 7) is 0.337. The molecule has 0 aromatic rings. The summed E-state index contributed by atoms with van der Waals surface area (Å²) >= 11 is 0. The predicted molar refractivity (Wildman–Crippen MR) is 46.9 cm³/mol. The summed E-state index contributed by atoms with van der Waals surface area (Å²) in [5.41, 5.74) is 0. The third-order valence-electron chi connectivity index (χ3n) is 2.97. The summed E-state index contributed by atoms with van der Waals surface area (Å²) in [5.74, 6) is -1.03. The molecule has 0 aromatic heterocycles. The minimum atomic E-state index is -1.14. The quantitative estimate of drug-likeness (QED) is 0.604. The molecule has 0 spiro atoms. The molecule has 0 aromatic carbocycles. The van der Waals surface area contributed by atoms with Crippen LogP contribution in [-0.4, -0.2) is 39.8 Å². The third kappa shape index (κ3) is 1.16. The molecule has 0 radical (unpaired) electrons. The van der Waals surface area contributed by atoms with E-state index < -0.39 is 18.1 Å². The Labute approximate surface area is 80.6 Å². The third-order valence-corrected chi connectivity index (χ3v) is 2.97. The van der Waals surface area contributed by atoms with Crippen LogP contribution in [0.5, 0.6) is 0 Å². The number of rotatable bonds is 1. The van der Waals surface area contributed by atoms with Crippen LogP contribution in [0.15, 0.2) is 12.2 Å². The topological polar surface area (TPSA) is 77.8 Å². The first-order valence-electron chi connectivity index (χ1n) is 4.50. The number of amides is 1. The molecule has 5 nitrogen and oxygen atoms in total. The van der Waals surface area contributed by atoms with E-state index in [0.717, 1.165) is 11.3 Å². The Bertz CT molecular complexity index is 312. The van der Waals surface area contributed by atoms with Crippen molar-refractivity contribution < 1.29 is 19.8 Å². The van der Waals surface area contributed by atoms with Gasteiger partial charge < -0.3 is 10.2 Å². The summed E-state index contributed by atoms with van der Waals surface area (Å²) in [6, 6.07) is -0.892. The highest BCUT2D eigenvalue weighted by Gasteiger charge is 2.47. The standard InChI is InChI=1S/C9H11NO4/c11-8(12)7-6-3-1-2-5(6)4-10(7)9(13)14/h1,3,5-7H,2,4H2,(H,11,12)(H,13,14)/t5-,6-,7+/m1/s1. The highest BCUT2D eigenvalue weighted by Crippen LogP contribution is 2.37. The molecular formula is C9H11NO4. The lowest BCUT2D eigenvalue weighted by Gasteiger charge is -2.19. The van der Waals surface area contributed by atoms with Gasteiger partial charge in [-0.3, -0.25) is 4.90 Å². The van der Waals surface area contributed by atoms with Gasteiger partial charge in [0.25, 0.3) is 0 Å². The average Bonchev–Trinajstić information content (AvgIpc) is 2.58. The van der Waals surface area contributed by atoms with Crippen LogP contribution in [0, 0.1) is 11.8 Å². The molecule has 2 rings (SSSR count). The van der Waals surface area contributed by atoms with Crippen LogP contribution in [0.1, 0.15) is 6.42 Å². The molecule has 1 aliphatic carbocycles. The van der Waals surface area contributed by atoms with Crippen LogP contribution >= 0.6 is 0 Å². The first-order valence-corrected chi connectivity index (χ1v) is 4.50. The molecule has 5 heteroatoms. The average molecular weight is 197 g/mol. The number of fused-ring (bicyclic) bond motifs is 1. The molecule has 0 unspecified atom stereocenters. The Morgan fingerprint density at radius 2 is 2.07 bits per heavy atom. The van der Waals surface area contributed by atoms with E-state index in [4.69, 9.17) is 10.2 Å². The van der Waals surface area contributed by atoms with Gasteiger partial charge in [-0.05, 0) is 12.3 Å². The zero-order valence-electron chi connectivity index (χ0n) is 7.46. The summed E-state index contributed by atoms with van der Waals surface area (Å²) < 4.78 is 0. The molecule has 2 aliphatic rings. The number of nitrogens with zero attached hydrogens (tertiary/aromatic N) is 1. The first-order chi connectivity index (χ1) is 6.61. The smallest absolute Gasteiger partial charge is 0.408 e. The molecule has 0 bridgehead atoms. The summed E-state index contributed by atoms with van der Waals surface area (Å²) in [6.07, 6.45) is 3.41.